The second kappa shape index (κ2) is 7.93. The number of allylic oxidation sites excluding steroid dienone is 1. The second-order valence-electron chi connectivity index (χ2n) is 6.56. The number of halogens is 1. The second-order valence-corrected chi connectivity index (χ2v) is 7.00. The fraction of sp³-hybridized carbons (Fsp3) is 0.136. The Bertz CT molecular complexity index is 1120. The summed E-state index contributed by atoms with van der Waals surface area (Å²) in [5, 5.41) is 4.13. The summed E-state index contributed by atoms with van der Waals surface area (Å²) in [6, 6.07) is 12.5. The van der Waals surface area contributed by atoms with Crippen LogP contribution in [-0.2, 0) is 0 Å². The number of hydrogen-bond acceptors (Lipinski definition) is 4. The Morgan fingerprint density at radius 3 is 2.86 bits per heavy atom. The van der Waals surface area contributed by atoms with Crippen LogP contribution in [0.2, 0.25) is 5.02 Å². The first kappa shape index (κ1) is 19.0. The van der Waals surface area contributed by atoms with Gasteiger partial charge in [0.05, 0.1) is 6.54 Å². The molecule has 1 aromatic heterocycles. The van der Waals surface area contributed by atoms with Gasteiger partial charge in [0.2, 0.25) is 0 Å². The van der Waals surface area contributed by atoms with Gasteiger partial charge < -0.3 is 19.2 Å². The zero-order chi connectivity index (χ0) is 20.4. The third-order valence-corrected chi connectivity index (χ3v) is 4.55. The van der Waals surface area contributed by atoms with Crippen LogP contribution in [0.4, 0.5) is 4.79 Å². The molecule has 2 aromatic carbocycles. The number of nitrogens with one attached hydrogen (secondary N) is 1. The molecule has 29 heavy (non-hydrogen) atoms. The van der Waals surface area contributed by atoms with E-state index in [4.69, 9.17) is 25.5 Å². The highest BCUT2D eigenvalue weighted by Crippen LogP contribution is 2.35. The third-order valence-electron chi connectivity index (χ3n) is 4.32. The molecular weight excluding hydrogens is 392 g/mol. The van der Waals surface area contributed by atoms with Gasteiger partial charge in [0.15, 0.2) is 11.5 Å². The van der Waals surface area contributed by atoms with E-state index in [9.17, 15) is 4.79 Å². The molecule has 0 saturated heterocycles. The minimum absolute atomic E-state index is 0.239. The smallest absolute Gasteiger partial charge is 0.325 e. The summed E-state index contributed by atoms with van der Waals surface area (Å²) >= 11 is 6.14. The third kappa shape index (κ3) is 4.38. The molecule has 148 valence electrons. The van der Waals surface area contributed by atoms with Gasteiger partial charge in [0.25, 0.3) is 0 Å². The van der Waals surface area contributed by atoms with E-state index in [0.29, 0.717) is 34.5 Å². The number of rotatable bonds is 6. The Balaban J connectivity index is 1.47. The highest BCUT2D eigenvalue weighted by atomic mass is 35.5. The fourth-order valence-corrected chi connectivity index (χ4v) is 3.12. The van der Waals surface area contributed by atoms with Crippen LogP contribution >= 0.6 is 11.6 Å². The quantitative estimate of drug-likeness (QED) is 0.573. The van der Waals surface area contributed by atoms with Crippen LogP contribution in [0.25, 0.3) is 11.0 Å². The van der Waals surface area contributed by atoms with Crippen LogP contribution in [0.3, 0.4) is 0 Å². The number of carbonyl (C=O) groups is 1. The van der Waals surface area contributed by atoms with Crippen LogP contribution in [0, 0.1) is 6.92 Å². The maximum atomic E-state index is 11.9. The summed E-state index contributed by atoms with van der Waals surface area (Å²) in [5.74, 6) is 2.50. The van der Waals surface area contributed by atoms with Gasteiger partial charge in [-0.2, -0.15) is 0 Å². The van der Waals surface area contributed by atoms with Crippen molar-refractivity contribution in [1.82, 2.24) is 10.2 Å². The van der Waals surface area contributed by atoms with E-state index in [1.54, 1.807) is 30.5 Å². The van der Waals surface area contributed by atoms with E-state index in [2.05, 4.69) is 11.9 Å². The molecule has 7 heteroatoms. The molecule has 0 radical (unpaired) electrons. The summed E-state index contributed by atoms with van der Waals surface area (Å²) in [6.45, 7) is 6.25. The summed E-state index contributed by atoms with van der Waals surface area (Å²) < 4.78 is 17.5. The molecule has 0 aliphatic carbocycles. The summed E-state index contributed by atoms with van der Waals surface area (Å²) in [5.41, 5.74) is 1.36. The van der Waals surface area contributed by atoms with Gasteiger partial charge >= 0.3 is 6.03 Å². The van der Waals surface area contributed by atoms with E-state index in [0.717, 1.165) is 16.7 Å². The molecule has 6 nitrogen and oxygen atoms in total. The normalized spacial score (nSPS) is 13.7. The SMILES string of the molecule is C=C1C=CN(CCOc2ccc(Cl)cc2Oc2ccc3oc(C)cc3c2)C(=O)N1. The lowest BCUT2D eigenvalue weighted by atomic mass is 10.2. The van der Waals surface area contributed by atoms with Gasteiger partial charge in [-0.25, -0.2) is 4.79 Å². The van der Waals surface area contributed by atoms with E-state index in [-0.39, 0.29) is 12.6 Å². The number of urea groups is 1. The molecule has 0 saturated carbocycles. The average Bonchev–Trinajstić information content (AvgIpc) is 3.04. The number of benzene rings is 2. The number of ether oxygens (including phenoxy) is 2. The Labute approximate surface area is 173 Å². The van der Waals surface area contributed by atoms with Crippen molar-refractivity contribution in [3.05, 3.63) is 77.8 Å². The number of hydrogen-bond donors (Lipinski definition) is 1. The van der Waals surface area contributed by atoms with Crippen molar-refractivity contribution in [3.63, 3.8) is 0 Å². The van der Waals surface area contributed by atoms with Crippen LogP contribution in [0.1, 0.15) is 5.76 Å². The van der Waals surface area contributed by atoms with Crippen molar-refractivity contribution in [3.8, 4) is 17.2 Å². The minimum Gasteiger partial charge on any atom is -0.488 e. The molecule has 2 amide bonds. The molecule has 2 heterocycles. The van der Waals surface area contributed by atoms with Crippen molar-refractivity contribution in [1.29, 1.82) is 0 Å². The number of carbonyl (C=O) groups excluding carboxylic acids is 1. The molecule has 1 aliphatic heterocycles. The monoisotopic (exact) mass is 410 g/mol. The molecule has 3 aromatic rings. The first-order valence-corrected chi connectivity index (χ1v) is 9.41. The first-order chi connectivity index (χ1) is 14.0. The molecule has 0 bridgehead atoms. The lowest BCUT2D eigenvalue weighted by molar-refractivity contribution is 0.203. The minimum atomic E-state index is -0.239. The lowest BCUT2D eigenvalue weighted by Crippen LogP contribution is -2.40. The molecule has 0 unspecified atom stereocenters. The molecule has 0 atom stereocenters. The highest BCUT2D eigenvalue weighted by molar-refractivity contribution is 6.30. The maximum Gasteiger partial charge on any atom is 0.325 e. The summed E-state index contributed by atoms with van der Waals surface area (Å²) in [4.78, 5) is 13.4. The van der Waals surface area contributed by atoms with Crippen molar-refractivity contribution in [2.24, 2.45) is 0 Å². The van der Waals surface area contributed by atoms with Crippen molar-refractivity contribution >= 4 is 28.6 Å². The highest BCUT2D eigenvalue weighted by Gasteiger charge is 2.16. The van der Waals surface area contributed by atoms with Gasteiger partial charge in [-0.05, 0) is 49.4 Å². The van der Waals surface area contributed by atoms with E-state index in [1.165, 1.54) is 4.90 Å². The zero-order valence-electron chi connectivity index (χ0n) is 15.8. The van der Waals surface area contributed by atoms with Crippen molar-refractivity contribution < 1.29 is 18.7 Å². The number of aryl methyl sites for hydroxylation is 1. The lowest BCUT2D eigenvalue weighted by Gasteiger charge is -2.23. The fourth-order valence-electron chi connectivity index (χ4n) is 2.95. The molecular formula is C22H19ClN2O4. The molecule has 1 N–H and O–H groups in total. The van der Waals surface area contributed by atoms with E-state index in [1.807, 2.05) is 31.2 Å². The van der Waals surface area contributed by atoms with Gasteiger partial charge in [-0.3, -0.25) is 4.90 Å². The summed E-state index contributed by atoms with van der Waals surface area (Å²) in [6.07, 6.45) is 3.40. The van der Waals surface area contributed by atoms with Crippen LogP contribution in [0.15, 0.2) is 71.4 Å². The maximum absolute atomic E-state index is 11.9. The first-order valence-electron chi connectivity index (χ1n) is 9.03. The van der Waals surface area contributed by atoms with Crippen LogP contribution < -0.4 is 14.8 Å². The van der Waals surface area contributed by atoms with Gasteiger partial charge in [0, 0.05) is 28.4 Å². The number of nitrogens with zero attached hydrogens (tertiary/aromatic N) is 1. The van der Waals surface area contributed by atoms with Crippen molar-refractivity contribution in [2.45, 2.75) is 6.92 Å². The Morgan fingerprint density at radius 2 is 2.03 bits per heavy atom. The van der Waals surface area contributed by atoms with Gasteiger partial charge in [0.1, 0.15) is 23.7 Å². The summed E-state index contributed by atoms with van der Waals surface area (Å²) in [7, 11) is 0. The zero-order valence-corrected chi connectivity index (χ0v) is 16.5. The number of fused-ring (bicyclic) bond motifs is 1. The van der Waals surface area contributed by atoms with Gasteiger partial charge in [-0.1, -0.05) is 18.2 Å². The van der Waals surface area contributed by atoms with Crippen molar-refractivity contribution in [2.75, 3.05) is 13.2 Å². The molecule has 0 fully saturated rings. The number of furan rings is 1. The van der Waals surface area contributed by atoms with Crippen LogP contribution in [-0.4, -0.2) is 24.1 Å². The van der Waals surface area contributed by atoms with E-state index < -0.39 is 0 Å². The van der Waals surface area contributed by atoms with Crippen LogP contribution in [0.5, 0.6) is 17.2 Å². The molecule has 0 spiro atoms. The molecule has 4 rings (SSSR count). The number of amides is 2. The van der Waals surface area contributed by atoms with E-state index >= 15 is 0 Å². The van der Waals surface area contributed by atoms with Gasteiger partial charge in [-0.15, -0.1) is 0 Å². The Hall–Kier alpha value is -3.38. The Kier molecular flexibility index (Phi) is 5.18. The standard InChI is InChI=1S/C22H19ClN2O4/c1-14-7-8-25(22(26)24-14)9-10-27-20-5-3-17(23)13-21(20)29-18-4-6-19-16(12-18)11-15(2)28-19/h3-8,11-13H,1,9-10H2,2H3,(H,24,26). The largest absolute Gasteiger partial charge is 0.488 e. The molecule has 1 aliphatic rings. The predicted octanol–water partition coefficient (Wildman–Crippen LogP) is 5.62. The predicted molar refractivity (Wildman–Crippen MR) is 111 cm³/mol. The Morgan fingerprint density at radius 1 is 1.17 bits per heavy atom. The topological polar surface area (TPSA) is 63.9 Å². The average molecular weight is 411 g/mol.